The highest BCUT2D eigenvalue weighted by molar-refractivity contribution is 5.81. The molecule has 0 fully saturated rings. The van der Waals surface area contributed by atoms with Crippen molar-refractivity contribution < 1.29 is 14.3 Å². The van der Waals surface area contributed by atoms with E-state index in [-0.39, 0.29) is 12.5 Å². The van der Waals surface area contributed by atoms with Crippen molar-refractivity contribution in [3.05, 3.63) is 29.8 Å². The molecule has 0 aliphatic carbocycles. The molecule has 1 amide bonds. The lowest BCUT2D eigenvalue weighted by Crippen LogP contribution is -2.43. The number of nitrogens with one attached hydrogen (secondary N) is 1. The van der Waals surface area contributed by atoms with Gasteiger partial charge in [-0.2, -0.15) is 0 Å². The summed E-state index contributed by atoms with van der Waals surface area (Å²) >= 11 is 0. The molecule has 5 nitrogen and oxygen atoms in total. The Bertz CT molecular complexity index is 369. The molecule has 0 bridgehead atoms. The summed E-state index contributed by atoms with van der Waals surface area (Å²) in [5, 5.41) is 2.74. The maximum atomic E-state index is 11.5. The van der Waals surface area contributed by atoms with E-state index in [1.807, 2.05) is 24.3 Å². The topological polar surface area (TPSA) is 73.6 Å². The van der Waals surface area contributed by atoms with Crippen LogP contribution in [-0.2, 0) is 16.1 Å². The molecule has 0 aliphatic heterocycles. The number of hydrogen-bond acceptors (Lipinski definition) is 4. The molecule has 1 atom stereocenters. The fraction of sp³-hybridized carbons (Fsp3) is 0.417. The summed E-state index contributed by atoms with van der Waals surface area (Å²) in [4.78, 5) is 11.5. The minimum Gasteiger partial charge on any atom is -0.497 e. The van der Waals surface area contributed by atoms with E-state index in [1.165, 1.54) is 7.11 Å². The summed E-state index contributed by atoms with van der Waals surface area (Å²) in [7, 11) is 3.11. The van der Waals surface area contributed by atoms with E-state index < -0.39 is 6.04 Å². The number of hydrogen-bond donors (Lipinski definition) is 2. The van der Waals surface area contributed by atoms with Gasteiger partial charge >= 0.3 is 0 Å². The average molecular weight is 238 g/mol. The molecule has 1 aromatic rings. The van der Waals surface area contributed by atoms with Gasteiger partial charge < -0.3 is 20.5 Å². The number of nitrogens with two attached hydrogens (primary N) is 1. The molecule has 0 radical (unpaired) electrons. The van der Waals surface area contributed by atoms with Gasteiger partial charge in [-0.1, -0.05) is 12.1 Å². The van der Waals surface area contributed by atoms with Crippen LogP contribution in [0.3, 0.4) is 0 Å². The maximum Gasteiger partial charge on any atom is 0.239 e. The fourth-order valence-electron chi connectivity index (χ4n) is 1.36. The summed E-state index contributed by atoms with van der Waals surface area (Å²) in [6.45, 7) is 0.636. The molecule has 0 spiro atoms. The predicted octanol–water partition coefficient (Wildman–Crippen LogP) is 0.285. The van der Waals surface area contributed by atoms with Gasteiger partial charge in [0.05, 0.1) is 13.7 Å². The van der Waals surface area contributed by atoms with Crippen molar-refractivity contribution in [2.75, 3.05) is 20.8 Å². The SMILES string of the molecule is COCC(N)C(=O)NCc1cccc(OC)c1. The lowest BCUT2D eigenvalue weighted by atomic mass is 10.2. The van der Waals surface area contributed by atoms with E-state index in [0.717, 1.165) is 11.3 Å². The van der Waals surface area contributed by atoms with E-state index in [4.69, 9.17) is 15.2 Å². The zero-order valence-corrected chi connectivity index (χ0v) is 10.1. The van der Waals surface area contributed by atoms with Gasteiger partial charge in [0.25, 0.3) is 0 Å². The number of benzene rings is 1. The van der Waals surface area contributed by atoms with E-state index in [1.54, 1.807) is 7.11 Å². The van der Waals surface area contributed by atoms with Crippen LogP contribution in [0.4, 0.5) is 0 Å². The molecule has 0 saturated carbocycles. The third kappa shape index (κ3) is 4.42. The Morgan fingerprint density at radius 1 is 1.47 bits per heavy atom. The lowest BCUT2D eigenvalue weighted by Gasteiger charge is -2.11. The standard InChI is InChI=1S/C12H18N2O3/c1-16-8-11(13)12(15)14-7-9-4-3-5-10(6-9)17-2/h3-6,11H,7-8,13H2,1-2H3,(H,14,15). The minimum atomic E-state index is -0.634. The van der Waals surface area contributed by atoms with Crippen molar-refractivity contribution in [1.29, 1.82) is 0 Å². The smallest absolute Gasteiger partial charge is 0.239 e. The normalized spacial score (nSPS) is 11.9. The van der Waals surface area contributed by atoms with Gasteiger partial charge in [0.2, 0.25) is 5.91 Å². The molecule has 1 aromatic carbocycles. The van der Waals surface area contributed by atoms with E-state index >= 15 is 0 Å². The second kappa shape index (κ2) is 6.88. The highest BCUT2D eigenvalue weighted by atomic mass is 16.5. The molecule has 1 rings (SSSR count). The Kier molecular flexibility index (Phi) is 5.45. The fourth-order valence-corrected chi connectivity index (χ4v) is 1.36. The van der Waals surface area contributed by atoms with Gasteiger partial charge in [-0.3, -0.25) is 4.79 Å². The largest absolute Gasteiger partial charge is 0.497 e. The van der Waals surface area contributed by atoms with Gasteiger partial charge in [-0.25, -0.2) is 0 Å². The zero-order valence-electron chi connectivity index (χ0n) is 10.1. The van der Waals surface area contributed by atoms with Crippen LogP contribution in [0.25, 0.3) is 0 Å². The molecule has 0 saturated heterocycles. The van der Waals surface area contributed by atoms with Crippen molar-refractivity contribution in [2.24, 2.45) is 5.73 Å². The predicted molar refractivity (Wildman–Crippen MR) is 64.7 cm³/mol. The monoisotopic (exact) mass is 238 g/mol. The Hall–Kier alpha value is -1.59. The third-order valence-electron chi connectivity index (χ3n) is 2.28. The van der Waals surface area contributed by atoms with Crippen LogP contribution in [0, 0.1) is 0 Å². The molecule has 0 aliphatic rings. The van der Waals surface area contributed by atoms with Gasteiger partial charge in [-0.05, 0) is 17.7 Å². The van der Waals surface area contributed by atoms with Crippen LogP contribution in [-0.4, -0.2) is 32.8 Å². The molecule has 17 heavy (non-hydrogen) atoms. The van der Waals surface area contributed by atoms with Gasteiger partial charge in [0.15, 0.2) is 0 Å². The molecule has 5 heteroatoms. The third-order valence-corrected chi connectivity index (χ3v) is 2.28. The first-order chi connectivity index (χ1) is 8.17. The lowest BCUT2D eigenvalue weighted by molar-refractivity contribution is -0.123. The van der Waals surface area contributed by atoms with Crippen molar-refractivity contribution >= 4 is 5.91 Å². The second-order valence-electron chi connectivity index (χ2n) is 3.63. The molecule has 0 aromatic heterocycles. The van der Waals surface area contributed by atoms with Crippen LogP contribution < -0.4 is 15.8 Å². The number of carbonyl (C=O) groups excluding carboxylic acids is 1. The summed E-state index contributed by atoms with van der Waals surface area (Å²) in [6, 6.07) is 6.86. The minimum absolute atomic E-state index is 0.212. The van der Waals surface area contributed by atoms with Gasteiger partial charge in [0, 0.05) is 13.7 Å². The molecule has 0 heterocycles. The van der Waals surface area contributed by atoms with E-state index in [9.17, 15) is 4.79 Å². The van der Waals surface area contributed by atoms with Gasteiger partial charge in [-0.15, -0.1) is 0 Å². The van der Waals surface area contributed by atoms with E-state index in [2.05, 4.69) is 5.32 Å². The first-order valence-electron chi connectivity index (χ1n) is 5.32. The zero-order chi connectivity index (χ0) is 12.7. The number of ether oxygens (including phenoxy) is 2. The van der Waals surface area contributed by atoms with Crippen molar-refractivity contribution in [1.82, 2.24) is 5.32 Å². The van der Waals surface area contributed by atoms with Crippen molar-refractivity contribution in [2.45, 2.75) is 12.6 Å². The van der Waals surface area contributed by atoms with Crippen LogP contribution >= 0.6 is 0 Å². The Morgan fingerprint density at radius 3 is 2.88 bits per heavy atom. The highest BCUT2D eigenvalue weighted by Crippen LogP contribution is 2.11. The molecule has 94 valence electrons. The molecular formula is C12H18N2O3. The van der Waals surface area contributed by atoms with Crippen LogP contribution in [0.1, 0.15) is 5.56 Å². The quantitative estimate of drug-likeness (QED) is 0.747. The van der Waals surface area contributed by atoms with Crippen LogP contribution in [0.5, 0.6) is 5.75 Å². The van der Waals surface area contributed by atoms with Gasteiger partial charge in [0.1, 0.15) is 11.8 Å². The number of methoxy groups -OCH3 is 2. The Labute approximate surface area is 101 Å². The first-order valence-corrected chi connectivity index (χ1v) is 5.32. The summed E-state index contributed by atoms with van der Waals surface area (Å²) in [6.07, 6.45) is 0. The number of carbonyl (C=O) groups is 1. The number of amides is 1. The Balaban J connectivity index is 2.46. The highest BCUT2D eigenvalue weighted by Gasteiger charge is 2.12. The van der Waals surface area contributed by atoms with E-state index in [0.29, 0.717) is 6.54 Å². The Morgan fingerprint density at radius 2 is 2.24 bits per heavy atom. The summed E-state index contributed by atoms with van der Waals surface area (Å²) in [5.74, 6) is 0.535. The summed E-state index contributed by atoms with van der Waals surface area (Å²) < 4.78 is 9.90. The second-order valence-corrected chi connectivity index (χ2v) is 3.63. The van der Waals surface area contributed by atoms with Crippen LogP contribution in [0.2, 0.25) is 0 Å². The molecular weight excluding hydrogens is 220 g/mol. The molecule has 3 N–H and O–H groups in total. The maximum absolute atomic E-state index is 11.5. The number of rotatable bonds is 6. The molecule has 1 unspecified atom stereocenters. The first kappa shape index (κ1) is 13.5. The van der Waals surface area contributed by atoms with Crippen molar-refractivity contribution in [3.8, 4) is 5.75 Å². The average Bonchev–Trinajstić information content (AvgIpc) is 2.36. The summed E-state index contributed by atoms with van der Waals surface area (Å²) in [5.41, 5.74) is 6.55. The van der Waals surface area contributed by atoms with Crippen LogP contribution in [0.15, 0.2) is 24.3 Å². The van der Waals surface area contributed by atoms with Crippen molar-refractivity contribution in [3.63, 3.8) is 0 Å².